The number of likely N-dealkylation sites (tertiary alicyclic amines) is 2. The normalized spacial score (nSPS) is 26.9. The molecule has 3 rings (SSSR count). The fourth-order valence-corrected chi connectivity index (χ4v) is 3.36. The maximum absolute atomic E-state index is 12.6. The van der Waals surface area contributed by atoms with Crippen LogP contribution in [0.5, 0.6) is 0 Å². The molecular weight excluding hydrogens is 310 g/mol. The molecule has 0 aliphatic carbocycles. The lowest BCUT2D eigenvalue weighted by Crippen LogP contribution is -2.38. The average Bonchev–Trinajstić information content (AvgIpc) is 3.13. The maximum Gasteiger partial charge on any atom is 0.311 e. The molecule has 0 spiro atoms. The van der Waals surface area contributed by atoms with Gasteiger partial charge >= 0.3 is 5.97 Å². The number of carbonyl (C=O) groups is 3. The molecule has 1 aromatic rings. The molecule has 2 amide bonds. The van der Waals surface area contributed by atoms with Crippen molar-refractivity contribution in [3.63, 3.8) is 0 Å². The summed E-state index contributed by atoms with van der Waals surface area (Å²) in [4.78, 5) is 43.6. The van der Waals surface area contributed by atoms with E-state index in [-0.39, 0.29) is 24.8 Å². The van der Waals surface area contributed by atoms with Crippen molar-refractivity contribution in [2.24, 2.45) is 11.3 Å². The van der Waals surface area contributed by atoms with Crippen LogP contribution in [0.15, 0.2) is 24.4 Å². The molecule has 2 aliphatic heterocycles. The molecule has 0 unspecified atom stereocenters. The molecule has 0 bridgehead atoms. The summed E-state index contributed by atoms with van der Waals surface area (Å²) in [5.74, 6) is -1.44. The number of nitrogens with zero attached hydrogens (tertiary/aromatic N) is 3. The molecule has 7 nitrogen and oxygen atoms in total. The quantitative estimate of drug-likeness (QED) is 0.879. The van der Waals surface area contributed by atoms with Crippen LogP contribution < -0.4 is 0 Å². The van der Waals surface area contributed by atoms with Crippen LogP contribution in [0, 0.1) is 11.3 Å². The molecule has 2 atom stereocenters. The summed E-state index contributed by atoms with van der Waals surface area (Å²) >= 11 is 0. The Bertz CT molecular complexity index is 663. The highest BCUT2D eigenvalue weighted by molar-refractivity contribution is 5.90. The number of hydrogen-bond donors (Lipinski definition) is 1. The summed E-state index contributed by atoms with van der Waals surface area (Å²) in [7, 11) is 0. The van der Waals surface area contributed by atoms with Gasteiger partial charge in [0.1, 0.15) is 0 Å². The van der Waals surface area contributed by atoms with E-state index in [9.17, 15) is 19.5 Å². The van der Waals surface area contributed by atoms with E-state index in [4.69, 9.17) is 0 Å². The number of carbonyl (C=O) groups excluding carboxylic acids is 2. The standard InChI is InChI=1S/C17H21N3O4/c1-17(16(23)24)5-7-19(11-17)15(22)12-8-14(21)20(9-12)10-13-4-2-3-6-18-13/h2-4,6,12H,5,7-11H2,1H3,(H,23,24)/t12-,17-/m1/s1. The number of carboxylic acids is 1. The molecule has 0 aromatic carbocycles. The third kappa shape index (κ3) is 3.11. The van der Waals surface area contributed by atoms with Crippen molar-refractivity contribution >= 4 is 17.8 Å². The van der Waals surface area contributed by atoms with Gasteiger partial charge in [0.15, 0.2) is 0 Å². The monoisotopic (exact) mass is 331 g/mol. The molecular formula is C17H21N3O4. The van der Waals surface area contributed by atoms with Crippen LogP contribution >= 0.6 is 0 Å². The third-order valence-corrected chi connectivity index (χ3v) is 4.94. The fraction of sp³-hybridized carbons (Fsp3) is 0.529. The van der Waals surface area contributed by atoms with Crippen molar-refractivity contribution in [1.29, 1.82) is 0 Å². The Morgan fingerprint density at radius 3 is 2.83 bits per heavy atom. The first-order chi connectivity index (χ1) is 11.4. The predicted molar refractivity (Wildman–Crippen MR) is 84.7 cm³/mol. The van der Waals surface area contributed by atoms with Gasteiger partial charge in [0.2, 0.25) is 11.8 Å². The van der Waals surface area contributed by atoms with E-state index in [1.165, 1.54) is 0 Å². The lowest BCUT2D eigenvalue weighted by molar-refractivity contribution is -0.147. The molecule has 24 heavy (non-hydrogen) atoms. The minimum Gasteiger partial charge on any atom is -0.481 e. The number of amides is 2. The van der Waals surface area contributed by atoms with Crippen LogP contribution in [0.25, 0.3) is 0 Å². The molecule has 2 aliphatic rings. The van der Waals surface area contributed by atoms with Gasteiger partial charge in [-0.25, -0.2) is 0 Å². The largest absolute Gasteiger partial charge is 0.481 e. The Labute approximate surface area is 140 Å². The van der Waals surface area contributed by atoms with Crippen LogP contribution in [0.1, 0.15) is 25.5 Å². The van der Waals surface area contributed by atoms with Crippen molar-refractivity contribution in [3.8, 4) is 0 Å². The van der Waals surface area contributed by atoms with Gasteiger partial charge in [-0.2, -0.15) is 0 Å². The number of pyridine rings is 1. The number of aromatic nitrogens is 1. The highest BCUT2D eigenvalue weighted by atomic mass is 16.4. The number of carboxylic acid groups (broad SMARTS) is 1. The zero-order valence-electron chi connectivity index (χ0n) is 13.6. The minimum absolute atomic E-state index is 0.0563. The Balaban J connectivity index is 1.61. The zero-order valence-corrected chi connectivity index (χ0v) is 13.6. The van der Waals surface area contributed by atoms with E-state index in [1.807, 2.05) is 18.2 Å². The van der Waals surface area contributed by atoms with Gasteiger partial charge in [-0.05, 0) is 25.5 Å². The highest BCUT2D eigenvalue weighted by Crippen LogP contribution is 2.32. The number of hydrogen-bond acceptors (Lipinski definition) is 4. The molecule has 128 valence electrons. The second-order valence-corrected chi connectivity index (χ2v) is 6.87. The molecule has 2 saturated heterocycles. The van der Waals surface area contributed by atoms with Gasteiger partial charge in [-0.15, -0.1) is 0 Å². The van der Waals surface area contributed by atoms with Crippen LogP contribution in [0.2, 0.25) is 0 Å². The Kier molecular flexibility index (Phi) is 4.26. The molecule has 1 aromatic heterocycles. The average molecular weight is 331 g/mol. The first-order valence-corrected chi connectivity index (χ1v) is 8.09. The van der Waals surface area contributed by atoms with Gasteiger partial charge in [-0.3, -0.25) is 19.4 Å². The second kappa shape index (κ2) is 6.22. The van der Waals surface area contributed by atoms with Crippen molar-refractivity contribution < 1.29 is 19.5 Å². The van der Waals surface area contributed by atoms with Gasteiger partial charge in [0, 0.05) is 32.3 Å². The molecule has 2 fully saturated rings. The fourth-order valence-electron chi connectivity index (χ4n) is 3.36. The predicted octanol–water partition coefficient (Wildman–Crippen LogP) is 0.753. The van der Waals surface area contributed by atoms with E-state index < -0.39 is 17.3 Å². The first kappa shape index (κ1) is 16.4. The molecule has 3 heterocycles. The summed E-state index contributed by atoms with van der Waals surface area (Å²) in [5, 5.41) is 9.28. The second-order valence-electron chi connectivity index (χ2n) is 6.87. The van der Waals surface area contributed by atoms with E-state index >= 15 is 0 Å². The SMILES string of the molecule is C[C@@]1(C(=O)O)CCN(C(=O)[C@@H]2CC(=O)N(Cc3ccccn3)C2)C1. The molecule has 1 N–H and O–H groups in total. The third-order valence-electron chi connectivity index (χ3n) is 4.94. The molecule has 0 radical (unpaired) electrons. The van der Waals surface area contributed by atoms with Crippen molar-refractivity contribution in [2.45, 2.75) is 26.3 Å². The van der Waals surface area contributed by atoms with Gasteiger partial charge in [0.25, 0.3) is 0 Å². The van der Waals surface area contributed by atoms with Crippen LogP contribution in [-0.4, -0.2) is 57.3 Å². The summed E-state index contributed by atoms with van der Waals surface area (Å²) in [6, 6.07) is 5.53. The van der Waals surface area contributed by atoms with E-state index in [2.05, 4.69) is 4.98 Å². The zero-order chi connectivity index (χ0) is 17.3. The van der Waals surface area contributed by atoms with E-state index in [0.29, 0.717) is 26.1 Å². The summed E-state index contributed by atoms with van der Waals surface area (Å²) in [6.07, 6.45) is 2.31. The first-order valence-electron chi connectivity index (χ1n) is 8.09. The topological polar surface area (TPSA) is 90.8 Å². The van der Waals surface area contributed by atoms with E-state index in [0.717, 1.165) is 5.69 Å². The lowest BCUT2D eigenvalue weighted by atomic mass is 9.90. The van der Waals surface area contributed by atoms with Crippen molar-refractivity contribution in [2.75, 3.05) is 19.6 Å². The van der Waals surface area contributed by atoms with Crippen LogP contribution in [0.4, 0.5) is 0 Å². The van der Waals surface area contributed by atoms with Crippen LogP contribution in [0.3, 0.4) is 0 Å². The highest BCUT2D eigenvalue weighted by Gasteiger charge is 2.45. The smallest absolute Gasteiger partial charge is 0.311 e. The Morgan fingerprint density at radius 1 is 1.42 bits per heavy atom. The number of aliphatic carboxylic acids is 1. The summed E-state index contributed by atoms with van der Waals surface area (Å²) in [6.45, 7) is 3.08. The van der Waals surface area contributed by atoms with E-state index in [1.54, 1.807) is 22.9 Å². The van der Waals surface area contributed by atoms with Crippen molar-refractivity contribution in [3.05, 3.63) is 30.1 Å². The summed E-state index contributed by atoms with van der Waals surface area (Å²) in [5.41, 5.74) is -0.0927. The number of rotatable bonds is 4. The maximum atomic E-state index is 12.6. The Morgan fingerprint density at radius 2 is 2.21 bits per heavy atom. The van der Waals surface area contributed by atoms with Crippen LogP contribution in [-0.2, 0) is 20.9 Å². The van der Waals surface area contributed by atoms with Gasteiger partial charge < -0.3 is 14.9 Å². The Hall–Kier alpha value is -2.44. The minimum atomic E-state index is -0.883. The lowest BCUT2D eigenvalue weighted by Gasteiger charge is -2.23. The molecule has 0 saturated carbocycles. The van der Waals surface area contributed by atoms with Crippen molar-refractivity contribution in [1.82, 2.24) is 14.8 Å². The molecule has 7 heteroatoms. The summed E-state index contributed by atoms with van der Waals surface area (Å²) < 4.78 is 0. The van der Waals surface area contributed by atoms with Gasteiger partial charge in [0.05, 0.1) is 23.6 Å². The van der Waals surface area contributed by atoms with Gasteiger partial charge in [-0.1, -0.05) is 6.07 Å².